The second-order valence-corrected chi connectivity index (χ2v) is 9.90. The largest absolute Gasteiger partial charge is 0.443 e. The van der Waals surface area contributed by atoms with Crippen molar-refractivity contribution in [3.8, 4) is 0 Å². The van der Waals surface area contributed by atoms with Crippen molar-refractivity contribution in [1.29, 1.82) is 0 Å². The number of pyridine rings is 1. The third-order valence-corrected chi connectivity index (χ3v) is 6.38. The van der Waals surface area contributed by atoms with Crippen LogP contribution in [0.25, 0.3) is 10.9 Å². The highest BCUT2D eigenvalue weighted by molar-refractivity contribution is 7.93. The van der Waals surface area contributed by atoms with E-state index in [9.17, 15) is 13.2 Å². The van der Waals surface area contributed by atoms with Gasteiger partial charge in [-0.15, -0.1) is 0 Å². The predicted octanol–water partition coefficient (Wildman–Crippen LogP) is 5.35. The molecule has 0 saturated heterocycles. The van der Waals surface area contributed by atoms with Crippen molar-refractivity contribution in [3.63, 3.8) is 0 Å². The Morgan fingerprint density at radius 2 is 1.50 bits per heavy atom. The number of rotatable bonds is 4. The van der Waals surface area contributed by atoms with Gasteiger partial charge in [-0.1, -0.05) is 36.4 Å². The molecule has 0 saturated carbocycles. The Morgan fingerprint density at radius 1 is 0.906 bits per heavy atom. The van der Waals surface area contributed by atoms with Crippen LogP contribution in [0.1, 0.15) is 20.8 Å². The fourth-order valence-electron chi connectivity index (χ4n) is 3.38. The Balaban J connectivity index is 1.97. The Morgan fingerprint density at radius 3 is 2.16 bits per heavy atom. The summed E-state index contributed by atoms with van der Waals surface area (Å²) in [4.78, 5) is 17.1. The topological polar surface area (TPSA) is 81.5 Å². The fraction of sp³-hybridized carbons (Fsp3) is 0.167. The van der Waals surface area contributed by atoms with Gasteiger partial charge in [0.25, 0.3) is 10.0 Å². The van der Waals surface area contributed by atoms with Crippen molar-refractivity contribution in [1.82, 2.24) is 9.55 Å². The van der Waals surface area contributed by atoms with Crippen molar-refractivity contribution in [2.75, 3.05) is 4.31 Å². The lowest BCUT2D eigenvalue weighted by atomic mass is 10.2. The Kier molecular flexibility index (Phi) is 5.48. The highest BCUT2D eigenvalue weighted by Crippen LogP contribution is 2.34. The number of carbonyl (C=O) groups excluding carboxylic acids is 1. The average molecular weight is 450 g/mol. The maximum absolute atomic E-state index is 14.1. The molecule has 32 heavy (non-hydrogen) atoms. The number of ether oxygens (including phenoxy) is 1. The number of sulfonamides is 1. The molecule has 8 heteroatoms. The molecule has 4 aromatic rings. The van der Waals surface area contributed by atoms with Gasteiger partial charge in [-0.25, -0.2) is 13.7 Å². The molecule has 0 radical (unpaired) electrons. The molecule has 4 rings (SSSR count). The first-order valence-electron chi connectivity index (χ1n) is 10.0. The van der Waals surface area contributed by atoms with E-state index in [-0.39, 0.29) is 5.03 Å². The molecule has 0 aliphatic carbocycles. The molecule has 0 aliphatic heterocycles. The van der Waals surface area contributed by atoms with Gasteiger partial charge in [0, 0.05) is 17.8 Å². The van der Waals surface area contributed by atoms with E-state index >= 15 is 0 Å². The monoisotopic (exact) mass is 449 g/mol. The number of aromatic nitrogens is 2. The van der Waals surface area contributed by atoms with Gasteiger partial charge in [-0.05, 0) is 57.2 Å². The van der Waals surface area contributed by atoms with Crippen molar-refractivity contribution in [3.05, 3.63) is 85.2 Å². The molecule has 0 bridgehead atoms. The molecule has 0 atom stereocenters. The number of fused-ring (bicyclic) bond motifs is 1. The third-order valence-electron chi connectivity index (χ3n) is 4.65. The van der Waals surface area contributed by atoms with E-state index in [4.69, 9.17) is 4.74 Å². The Bertz CT molecular complexity index is 1320. The van der Waals surface area contributed by atoms with Crippen LogP contribution in [0.15, 0.2) is 90.2 Å². The molecule has 2 aromatic heterocycles. The summed E-state index contributed by atoms with van der Waals surface area (Å²) < 4.78 is 36.0. The van der Waals surface area contributed by atoms with E-state index in [0.717, 1.165) is 4.57 Å². The maximum Gasteiger partial charge on any atom is 0.420 e. The molecule has 0 amide bonds. The summed E-state index contributed by atoms with van der Waals surface area (Å²) in [5.74, 6) is 0. The molecule has 164 valence electrons. The van der Waals surface area contributed by atoms with Gasteiger partial charge in [0.1, 0.15) is 5.60 Å². The highest BCUT2D eigenvalue weighted by Gasteiger charge is 2.34. The van der Waals surface area contributed by atoms with E-state index in [1.807, 2.05) is 0 Å². The lowest BCUT2D eigenvalue weighted by Gasteiger charge is -2.26. The van der Waals surface area contributed by atoms with Gasteiger partial charge in [0.2, 0.25) is 0 Å². The van der Waals surface area contributed by atoms with Crippen LogP contribution >= 0.6 is 0 Å². The normalized spacial score (nSPS) is 12.0. The SMILES string of the molecule is CC(C)(C)OC(=O)n1c(S(=O)(=O)N(c2ccccc2)c2ccncc2)cc2ccccc21. The maximum atomic E-state index is 14.1. The smallest absolute Gasteiger partial charge is 0.420 e. The summed E-state index contributed by atoms with van der Waals surface area (Å²) in [5.41, 5.74) is 0.475. The van der Waals surface area contributed by atoms with Gasteiger partial charge in [-0.3, -0.25) is 4.98 Å². The fourth-order valence-corrected chi connectivity index (χ4v) is 5.04. The summed E-state index contributed by atoms with van der Waals surface area (Å²) in [5, 5.41) is 0.424. The van der Waals surface area contributed by atoms with Crippen molar-refractivity contribution >= 4 is 38.4 Å². The number of nitrogens with zero attached hydrogens (tertiary/aromatic N) is 3. The summed E-state index contributed by atoms with van der Waals surface area (Å²) in [6.07, 6.45) is 2.27. The minimum atomic E-state index is -4.23. The van der Waals surface area contributed by atoms with Gasteiger partial charge < -0.3 is 4.74 Å². The van der Waals surface area contributed by atoms with Crippen LogP contribution in [0.5, 0.6) is 0 Å². The summed E-state index contributed by atoms with van der Waals surface area (Å²) in [6, 6.07) is 20.4. The van der Waals surface area contributed by atoms with Crippen molar-refractivity contribution in [2.45, 2.75) is 31.4 Å². The molecule has 7 nitrogen and oxygen atoms in total. The first kappa shape index (κ1) is 21.6. The molecule has 2 aromatic carbocycles. The van der Waals surface area contributed by atoms with Crippen LogP contribution in [0.2, 0.25) is 0 Å². The predicted molar refractivity (Wildman–Crippen MR) is 124 cm³/mol. The number of para-hydroxylation sites is 2. The number of hydrogen-bond acceptors (Lipinski definition) is 5. The van der Waals surface area contributed by atoms with Crippen LogP contribution in [0.4, 0.5) is 16.2 Å². The lowest BCUT2D eigenvalue weighted by Crippen LogP contribution is -2.32. The summed E-state index contributed by atoms with van der Waals surface area (Å²) in [6.45, 7) is 5.20. The van der Waals surface area contributed by atoms with E-state index in [1.54, 1.807) is 87.5 Å². The minimum Gasteiger partial charge on any atom is -0.443 e. The zero-order valence-electron chi connectivity index (χ0n) is 18.0. The van der Waals surface area contributed by atoms with E-state index < -0.39 is 21.7 Å². The lowest BCUT2D eigenvalue weighted by molar-refractivity contribution is 0.0530. The van der Waals surface area contributed by atoms with E-state index in [1.165, 1.54) is 22.8 Å². The number of hydrogen-bond donors (Lipinski definition) is 0. The van der Waals surface area contributed by atoms with Crippen LogP contribution in [0, 0.1) is 0 Å². The van der Waals surface area contributed by atoms with E-state index in [2.05, 4.69) is 4.98 Å². The zero-order valence-corrected chi connectivity index (χ0v) is 18.8. The number of benzene rings is 2. The zero-order chi connectivity index (χ0) is 22.9. The molecule has 0 spiro atoms. The van der Waals surface area contributed by atoms with Gasteiger partial charge in [-0.2, -0.15) is 8.42 Å². The van der Waals surface area contributed by atoms with Crippen LogP contribution in [-0.2, 0) is 14.8 Å². The first-order chi connectivity index (χ1) is 15.2. The average Bonchev–Trinajstić information content (AvgIpc) is 3.15. The second kappa shape index (κ2) is 8.12. The third kappa shape index (κ3) is 4.09. The minimum absolute atomic E-state index is 0.186. The van der Waals surface area contributed by atoms with Gasteiger partial charge in [0.05, 0.1) is 16.9 Å². The molecular formula is C24H23N3O4S. The van der Waals surface area contributed by atoms with Crippen LogP contribution < -0.4 is 4.31 Å². The Hall–Kier alpha value is -3.65. The second-order valence-electron chi connectivity index (χ2n) is 8.17. The molecule has 0 N–H and O–H groups in total. The van der Waals surface area contributed by atoms with Crippen molar-refractivity contribution < 1.29 is 17.9 Å². The molecule has 0 unspecified atom stereocenters. The van der Waals surface area contributed by atoms with Crippen LogP contribution in [0.3, 0.4) is 0 Å². The first-order valence-corrected chi connectivity index (χ1v) is 11.5. The quantitative estimate of drug-likeness (QED) is 0.420. The molecule has 0 aliphatic rings. The highest BCUT2D eigenvalue weighted by atomic mass is 32.2. The van der Waals surface area contributed by atoms with E-state index in [0.29, 0.717) is 22.3 Å². The van der Waals surface area contributed by atoms with Gasteiger partial charge >= 0.3 is 6.09 Å². The molecular weight excluding hydrogens is 426 g/mol. The molecule has 0 fully saturated rings. The molecule has 2 heterocycles. The summed E-state index contributed by atoms with van der Waals surface area (Å²) in [7, 11) is -4.23. The number of carbonyl (C=O) groups is 1. The standard InChI is InChI=1S/C24H23N3O4S/c1-24(2,3)31-23(28)26-21-12-8-7-9-18(21)17-22(26)32(29,30)27(19-10-5-4-6-11-19)20-13-15-25-16-14-20/h4-17H,1-3H3. The van der Waals surface area contributed by atoms with Crippen molar-refractivity contribution in [2.24, 2.45) is 0 Å². The van der Waals surface area contributed by atoms with Crippen LogP contribution in [-0.4, -0.2) is 29.7 Å². The number of anilines is 2. The summed E-state index contributed by atoms with van der Waals surface area (Å²) >= 11 is 0. The Labute approximate surface area is 186 Å². The van der Waals surface area contributed by atoms with Gasteiger partial charge in [0.15, 0.2) is 5.03 Å².